The summed E-state index contributed by atoms with van der Waals surface area (Å²) in [7, 11) is 4.83. The topological polar surface area (TPSA) is 35.0 Å². The normalized spacial score (nSPS) is 10.3. The predicted molar refractivity (Wildman–Crippen MR) is 65.3 cm³/mol. The second-order valence-electron chi connectivity index (χ2n) is 2.85. The Morgan fingerprint density at radius 1 is 1.40 bits per heavy atom. The van der Waals surface area contributed by atoms with Gasteiger partial charge in [0.05, 0.1) is 18.2 Å². The number of ether oxygens (including phenoxy) is 1. The van der Waals surface area contributed by atoms with Crippen LogP contribution >= 0.6 is 32.9 Å². The zero-order valence-electron chi connectivity index (χ0n) is 8.18. The highest BCUT2D eigenvalue weighted by atomic mass is 32.9. The Labute approximate surface area is 99.8 Å². The van der Waals surface area contributed by atoms with Crippen LogP contribution in [0.4, 0.5) is 0 Å². The van der Waals surface area contributed by atoms with Gasteiger partial charge >= 0.3 is 0 Å². The molecule has 0 aromatic carbocycles. The van der Waals surface area contributed by atoms with E-state index in [0.717, 1.165) is 20.0 Å². The minimum Gasteiger partial charge on any atom is -0.493 e. The van der Waals surface area contributed by atoms with E-state index >= 15 is 0 Å². The Hall–Kier alpha value is -0.850. The van der Waals surface area contributed by atoms with Gasteiger partial charge in [0.15, 0.2) is 5.75 Å². The molecule has 0 fully saturated rings. The first-order chi connectivity index (χ1) is 7.24. The fraction of sp³-hybridized carbons (Fsp3) is 0.222. The summed E-state index contributed by atoms with van der Waals surface area (Å²) in [6.07, 6.45) is 3.18. The molecule has 0 unspecified atom stereocenters. The Kier molecular flexibility index (Phi) is 3.08. The van der Waals surface area contributed by atoms with E-state index in [2.05, 4.69) is 9.97 Å². The Balaban J connectivity index is 2.63. The van der Waals surface area contributed by atoms with Crippen molar-refractivity contribution in [3.63, 3.8) is 0 Å². The van der Waals surface area contributed by atoms with Gasteiger partial charge in [-0.05, 0) is 12.5 Å². The fourth-order valence-electron chi connectivity index (χ4n) is 1.15. The molecule has 15 heavy (non-hydrogen) atoms. The van der Waals surface area contributed by atoms with Crippen molar-refractivity contribution in [2.45, 2.75) is 6.92 Å². The lowest BCUT2D eigenvalue weighted by molar-refractivity contribution is 0.412. The largest absolute Gasteiger partial charge is 0.493 e. The molecule has 0 radical (unpaired) electrons. The van der Waals surface area contributed by atoms with Gasteiger partial charge in [0.25, 0.3) is 0 Å². The molecule has 2 rings (SSSR count). The third-order valence-corrected chi connectivity index (χ3v) is 5.29. The standard InChI is InChI=1S/C9H8N2OS3/c1-5-8(14-15-9(5)13)7-6(12-2)3-10-4-11-7/h3-4H,1-2H3. The molecule has 0 aliphatic heterocycles. The summed E-state index contributed by atoms with van der Waals surface area (Å²) in [5, 5.41) is 0. The van der Waals surface area contributed by atoms with Gasteiger partial charge in [-0.3, -0.25) is 0 Å². The van der Waals surface area contributed by atoms with Crippen molar-refractivity contribution >= 4 is 32.9 Å². The molecule has 0 aliphatic carbocycles. The highest BCUT2D eigenvalue weighted by molar-refractivity contribution is 7.80. The van der Waals surface area contributed by atoms with Crippen LogP contribution in [0.1, 0.15) is 5.56 Å². The average Bonchev–Trinajstić information content (AvgIpc) is 2.60. The summed E-state index contributed by atoms with van der Waals surface area (Å²) < 4.78 is 6.13. The van der Waals surface area contributed by atoms with Gasteiger partial charge < -0.3 is 4.74 Å². The van der Waals surface area contributed by atoms with Crippen molar-refractivity contribution in [2.24, 2.45) is 0 Å². The molecular weight excluding hydrogens is 248 g/mol. The molecule has 0 saturated carbocycles. The van der Waals surface area contributed by atoms with Crippen LogP contribution in [0, 0.1) is 10.7 Å². The minimum atomic E-state index is 0.685. The van der Waals surface area contributed by atoms with Gasteiger partial charge in [0.2, 0.25) is 0 Å². The Morgan fingerprint density at radius 3 is 2.80 bits per heavy atom. The van der Waals surface area contributed by atoms with Gasteiger partial charge in [-0.15, -0.1) is 0 Å². The van der Waals surface area contributed by atoms with Gasteiger partial charge in [-0.2, -0.15) is 0 Å². The molecule has 2 heterocycles. The maximum atomic E-state index is 5.22. The molecule has 0 aliphatic rings. The molecule has 2 aromatic rings. The molecule has 0 atom stereocenters. The molecule has 3 nitrogen and oxygen atoms in total. The smallest absolute Gasteiger partial charge is 0.164 e. The quantitative estimate of drug-likeness (QED) is 0.610. The highest BCUT2D eigenvalue weighted by Gasteiger charge is 2.12. The van der Waals surface area contributed by atoms with Crippen LogP contribution in [0.5, 0.6) is 5.75 Å². The second-order valence-corrected chi connectivity index (χ2v) is 5.66. The lowest BCUT2D eigenvalue weighted by Gasteiger charge is -2.04. The van der Waals surface area contributed by atoms with E-state index in [1.807, 2.05) is 6.92 Å². The van der Waals surface area contributed by atoms with Crippen LogP contribution in [-0.4, -0.2) is 17.1 Å². The average molecular weight is 256 g/mol. The number of methoxy groups -OCH3 is 1. The van der Waals surface area contributed by atoms with E-state index < -0.39 is 0 Å². The third-order valence-electron chi connectivity index (χ3n) is 1.96. The summed E-state index contributed by atoms with van der Waals surface area (Å²) in [6.45, 7) is 2.01. The van der Waals surface area contributed by atoms with Crippen LogP contribution in [0.25, 0.3) is 10.6 Å². The Bertz CT molecular complexity index is 532. The van der Waals surface area contributed by atoms with Gasteiger partial charge in [-0.1, -0.05) is 32.9 Å². The molecule has 6 heteroatoms. The number of rotatable bonds is 2. The van der Waals surface area contributed by atoms with E-state index in [0.29, 0.717) is 5.75 Å². The zero-order valence-corrected chi connectivity index (χ0v) is 10.6. The lowest BCUT2D eigenvalue weighted by Crippen LogP contribution is -1.91. The summed E-state index contributed by atoms with van der Waals surface area (Å²) in [5.74, 6) is 0.685. The molecule has 0 N–H and O–H groups in total. The Morgan fingerprint density at radius 2 is 2.20 bits per heavy atom. The van der Waals surface area contributed by atoms with Crippen molar-refractivity contribution in [2.75, 3.05) is 7.11 Å². The third kappa shape index (κ3) is 1.92. The van der Waals surface area contributed by atoms with Crippen molar-refractivity contribution < 1.29 is 4.74 Å². The SMILES string of the molecule is COc1cncnc1-c1ssc(=S)c1C. The van der Waals surface area contributed by atoms with Crippen LogP contribution in [0.15, 0.2) is 12.5 Å². The van der Waals surface area contributed by atoms with Crippen molar-refractivity contribution in [1.82, 2.24) is 9.97 Å². The van der Waals surface area contributed by atoms with E-state index in [-0.39, 0.29) is 0 Å². The first kappa shape index (κ1) is 10.7. The highest BCUT2D eigenvalue weighted by Crippen LogP contribution is 2.36. The molecule has 78 valence electrons. The first-order valence-electron chi connectivity index (χ1n) is 4.18. The van der Waals surface area contributed by atoms with Crippen molar-refractivity contribution in [3.8, 4) is 16.3 Å². The first-order valence-corrected chi connectivity index (χ1v) is 6.74. The fourth-order valence-corrected chi connectivity index (χ4v) is 4.00. The van der Waals surface area contributed by atoms with Gasteiger partial charge in [-0.25, -0.2) is 9.97 Å². The molecule has 0 spiro atoms. The molecule has 2 aromatic heterocycles. The van der Waals surface area contributed by atoms with Crippen LogP contribution in [0.2, 0.25) is 0 Å². The second kappa shape index (κ2) is 4.34. The van der Waals surface area contributed by atoms with E-state index in [1.165, 1.54) is 6.33 Å². The van der Waals surface area contributed by atoms with E-state index in [9.17, 15) is 0 Å². The summed E-state index contributed by atoms with van der Waals surface area (Å²) >= 11 is 5.20. The zero-order chi connectivity index (χ0) is 10.8. The summed E-state index contributed by atoms with van der Waals surface area (Å²) in [5.41, 5.74) is 1.92. The van der Waals surface area contributed by atoms with Crippen LogP contribution < -0.4 is 4.74 Å². The van der Waals surface area contributed by atoms with Crippen molar-refractivity contribution in [1.29, 1.82) is 0 Å². The number of aromatic nitrogens is 2. The maximum absolute atomic E-state index is 5.22. The summed E-state index contributed by atoms with van der Waals surface area (Å²) in [4.78, 5) is 9.23. The lowest BCUT2D eigenvalue weighted by atomic mass is 10.2. The van der Waals surface area contributed by atoms with Gasteiger partial charge in [0, 0.05) is 0 Å². The minimum absolute atomic E-state index is 0.685. The number of hydrogen-bond acceptors (Lipinski definition) is 6. The molecular formula is C9H8N2OS3. The monoisotopic (exact) mass is 256 g/mol. The predicted octanol–water partition coefficient (Wildman–Crippen LogP) is 3.31. The van der Waals surface area contributed by atoms with E-state index in [4.69, 9.17) is 17.0 Å². The van der Waals surface area contributed by atoms with Crippen molar-refractivity contribution in [3.05, 3.63) is 21.9 Å². The molecule has 0 bridgehead atoms. The number of nitrogens with zero attached hydrogens (tertiary/aromatic N) is 2. The van der Waals surface area contributed by atoms with E-state index in [1.54, 1.807) is 34.0 Å². The van der Waals surface area contributed by atoms with Crippen LogP contribution in [-0.2, 0) is 0 Å². The molecule has 0 amide bonds. The number of hydrogen-bond donors (Lipinski definition) is 0. The van der Waals surface area contributed by atoms with Crippen LogP contribution in [0.3, 0.4) is 0 Å². The molecule has 0 saturated heterocycles. The maximum Gasteiger partial charge on any atom is 0.164 e. The summed E-state index contributed by atoms with van der Waals surface area (Å²) in [6, 6.07) is 0. The van der Waals surface area contributed by atoms with Gasteiger partial charge in [0.1, 0.15) is 15.8 Å².